The average molecular weight is 162 g/mol. The van der Waals surface area contributed by atoms with Gasteiger partial charge in [-0.05, 0) is 19.9 Å². The summed E-state index contributed by atoms with van der Waals surface area (Å²) in [6, 6.07) is 0. The van der Waals surface area contributed by atoms with Gasteiger partial charge >= 0.3 is 0 Å². The summed E-state index contributed by atoms with van der Waals surface area (Å²) in [5, 5.41) is 0.469. The molecule has 0 amide bonds. The topological polar surface area (TPSA) is 21.6 Å². The van der Waals surface area contributed by atoms with E-state index in [0.29, 0.717) is 5.17 Å². The lowest BCUT2D eigenvalue weighted by molar-refractivity contribution is 0.126. The molecule has 0 aliphatic carbocycles. The lowest BCUT2D eigenvalue weighted by atomic mass is 10.5. The molecule has 0 heterocycles. The van der Waals surface area contributed by atoms with E-state index in [1.54, 1.807) is 13.2 Å². The molecule has 0 fully saturated rings. The minimum atomic E-state index is -0.163. The largest absolute Gasteiger partial charge is 0.360 e. The Balaban J connectivity index is 3.89. The SMILES string of the molecule is C/C=C\C(Cl)=NC(C)OC. The van der Waals surface area contributed by atoms with Crippen LogP contribution in [0, 0.1) is 0 Å². The number of halogens is 1. The number of hydrogen-bond donors (Lipinski definition) is 0. The Morgan fingerprint density at radius 2 is 2.30 bits per heavy atom. The highest BCUT2D eigenvalue weighted by Gasteiger charge is 1.93. The Morgan fingerprint density at radius 3 is 2.70 bits per heavy atom. The highest BCUT2D eigenvalue weighted by Crippen LogP contribution is 1.95. The molecule has 0 aliphatic rings. The maximum atomic E-state index is 5.64. The second-order valence-electron chi connectivity index (χ2n) is 1.79. The highest BCUT2D eigenvalue weighted by molar-refractivity contribution is 6.68. The van der Waals surface area contributed by atoms with E-state index in [0.717, 1.165) is 0 Å². The predicted molar refractivity (Wildman–Crippen MR) is 44.6 cm³/mol. The van der Waals surface area contributed by atoms with Crippen LogP contribution in [-0.4, -0.2) is 18.5 Å². The summed E-state index contributed by atoms with van der Waals surface area (Å²) in [5.41, 5.74) is 0. The number of aliphatic imine (C=N–C) groups is 1. The molecule has 58 valence electrons. The summed E-state index contributed by atoms with van der Waals surface area (Å²) < 4.78 is 4.86. The van der Waals surface area contributed by atoms with E-state index < -0.39 is 0 Å². The fourth-order valence-electron chi connectivity index (χ4n) is 0.407. The van der Waals surface area contributed by atoms with Gasteiger partial charge in [0.15, 0.2) is 0 Å². The molecule has 0 aliphatic heterocycles. The van der Waals surface area contributed by atoms with Crippen LogP contribution < -0.4 is 0 Å². The smallest absolute Gasteiger partial charge is 0.146 e. The Kier molecular flexibility index (Phi) is 5.26. The molecule has 0 bridgehead atoms. The fraction of sp³-hybridized carbons (Fsp3) is 0.571. The summed E-state index contributed by atoms with van der Waals surface area (Å²) in [6.45, 7) is 3.71. The van der Waals surface area contributed by atoms with E-state index in [4.69, 9.17) is 16.3 Å². The first-order valence-corrected chi connectivity index (χ1v) is 3.47. The number of hydrogen-bond acceptors (Lipinski definition) is 2. The molecule has 1 unspecified atom stereocenters. The van der Waals surface area contributed by atoms with E-state index in [1.165, 1.54) is 0 Å². The number of allylic oxidation sites excluding steroid dienone is 2. The minimum Gasteiger partial charge on any atom is -0.360 e. The molecule has 1 atom stereocenters. The second kappa shape index (κ2) is 5.45. The molecular weight excluding hydrogens is 150 g/mol. The number of nitrogens with zero attached hydrogens (tertiary/aromatic N) is 1. The maximum Gasteiger partial charge on any atom is 0.146 e. The van der Waals surface area contributed by atoms with Crippen molar-refractivity contribution in [3.8, 4) is 0 Å². The van der Waals surface area contributed by atoms with Crippen LogP contribution in [0.1, 0.15) is 13.8 Å². The summed E-state index contributed by atoms with van der Waals surface area (Å²) in [4.78, 5) is 3.96. The van der Waals surface area contributed by atoms with E-state index in [1.807, 2.05) is 19.9 Å². The summed E-state index contributed by atoms with van der Waals surface area (Å²) in [6.07, 6.45) is 3.38. The van der Waals surface area contributed by atoms with Crippen molar-refractivity contribution >= 4 is 16.8 Å². The highest BCUT2D eigenvalue weighted by atomic mass is 35.5. The van der Waals surface area contributed by atoms with Gasteiger partial charge in [0.2, 0.25) is 0 Å². The first kappa shape index (κ1) is 9.66. The van der Waals surface area contributed by atoms with Crippen LogP contribution in [0.3, 0.4) is 0 Å². The van der Waals surface area contributed by atoms with Crippen LogP contribution in [0.2, 0.25) is 0 Å². The first-order chi connectivity index (χ1) is 4.70. The Morgan fingerprint density at radius 1 is 1.70 bits per heavy atom. The van der Waals surface area contributed by atoms with Gasteiger partial charge in [0.05, 0.1) is 0 Å². The molecule has 3 heteroatoms. The van der Waals surface area contributed by atoms with Gasteiger partial charge in [-0.3, -0.25) is 0 Å². The third-order valence-electron chi connectivity index (χ3n) is 0.950. The zero-order valence-electron chi connectivity index (χ0n) is 6.47. The van der Waals surface area contributed by atoms with Crippen molar-refractivity contribution in [2.24, 2.45) is 4.99 Å². The third kappa shape index (κ3) is 4.53. The van der Waals surface area contributed by atoms with Crippen molar-refractivity contribution in [1.82, 2.24) is 0 Å². The molecule has 0 aromatic heterocycles. The summed E-state index contributed by atoms with van der Waals surface area (Å²) in [5.74, 6) is 0. The van der Waals surface area contributed by atoms with Gasteiger partial charge < -0.3 is 4.74 Å². The standard InChI is InChI=1S/C7H12ClNO/c1-4-5-7(8)9-6(2)10-3/h4-6H,1-3H3/b5-4-,9-7?. The molecule has 0 aromatic rings. The van der Waals surface area contributed by atoms with Crippen molar-refractivity contribution in [3.63, 3.8) is 0 Å². The van der Waals surface area contributed by atoms with E-state index in [9.17, 15) is 0 Å². The predicted octanol–water partition coefficient (Wildman–Crippen LogP) is 2.19. The van der Waals surface area contributed by atoms with Gasteiger partial charge in [-0.25, -0.2) is 4.99 Å². The summed E-state index contributed by atoms with van der Waals surface area (Å²) >= 11 is 5.64. The van der Waals surface area contributed by atoms with Gasteiger partial charge in [-0.1, -0.05) is 17.7 Å². The lowest BCUT2D eigenvalue weighted by Gasteiger charge is -2.01. The van der Waals surface area contributed by atoms with Crippen LogP contribution in [0.5, 0.6) is 0 Å². The van der Waals surface area contributed by atoms with Gasteiger partial charge in [-0.15, -0.1) is 0 Å². The molecule has 0 N–H and O–H groups in total. The van der Waals surface area contributed by atoms with Crippen molar-refractivity contribution in [1.29, 1.82) is 0 Å². The molecule has 0 saturated heterocycles. The molecule has 0 spiro atoms. The Hall–Kier alpha value is -0.340. The van der Waals surface area contributed by atoms with Gasteiger partial charge in [-0.2, -0.15) is 0 Å². The number of ether oxygens (including phenoxy) is 1. The monoisotopic (exact) mass is 161 g/mol. The number of methoxy groups -OCH3 is 1. The van der Waals surface area contributed by atoms with Crippen LogP contribution >= 0.6 is 11.6 Å². The average Bonchev–Trinajstić information content (AvgIpc) is 1.88. The van der Waals surface area contributed by atoms with Gasteiger partial charge in [0, 0.05) is 7.11 Å². The van der Waals surface area contributed by atoms with E-state index in [-0.39, 0.29) is 6.23 Å². The van der Waals surface area contributed by atoms with E-state index >= 15 is 0 Å². The minimum absolute atomic E-state index is 0.163. The normalized spacial score (nSPS) is 16.2. The zero-order valence-corrected chi connectivity index (χ0v) is 7.22. The maximum absolute atomic E-state index is 5.64. The van der Waals surface area contributed by atoms with Crippen LogP contribution in [0.15, 0.2) is 17.1 Å². The molecule has 0 rings (SSSR count). The summed E-state index contributed by atoms with van der Waals surface area (Å²) in [7, 11) is 1.59. The molecule has 0 radical (unpaired) electrons. The fourth-order valence-corrected chi connectivity index (χ4v) is 0.670. The quantitative estimate of drug-likeness (QED) is 0.582. The van der Waals surface area contributed by atoms with Crippen LogP contribution in [0.4, 0.5) is 0 Å². The molecule has 10 heavy (non-hydrogen) atoms. The molecule has 2 nitrogen and oxygen atoms in total. The first-order valence-electron chi connectivity index (χ1n) is 3.09. The zero-order chi connectivity index (χ0) is 7.98. The Labute approximate surface area is 66.6 Å². The van der Waals surface area contributed by atoms with Gasteiger partial charge in [0.1, 0.15) is 11.4 Å². The second-order valence-corrected chi connectivity index (χ2v) is 2.17. The van der Waals surface area contributed by atoms with Crippen molar-refractivity contribution in [2.45, 2.75) is 20.1 Å². The van der Waals surface area contributed by atoms with Crippen molar-refractivity contribution < 1.29 is 4.74 Å². The lowest BCUT2D eigenvalue weighted by Crippen LogP contribution is -2.01. The third-order valence-corrected chi connectivity index (χ3v) is 1.17. The van der Waals surface area contributed by atoms with Gasteiger partial charge in [0.25, 0.3) is 0 Å². The number of rotatable bonds is 3. The van der Waals surface area contributed by atoms with Crippen LogP contribution in [0.25, 0.3) is 0 Å². The Bertz CT molecular complexity index is 143. The van der Waals surface area contributed by atoms with Crippen molar-refractivity contribution in [2.75, 3.05) is 7.11 Å². The molecular formula is C7H12ClNO. The van der Waals surface area contributed by atoms with E-state index in [2.05, 4.69) is 4.99 Å². The molecule has 0 saturated carbocycles. The van der Waals surface area contributed by atoms with Crippen LogP contribution in [-0.2, 0) is 4.74 Å². The van der Waals surface area contributed by atoms with Crippen molar-refractivity contribution in [3.05, 3.63) is 12.2 Å². The molecule has 0 aromatic carbocycles.